The van der Waals surface area contributed by atoms with Crippen LogP contribution in [0, 0.1) is 5.92 Å². The highest BCUT2D eigenvalue weighted by Crippen LogP contribution is 2.52. The smallest absolute Gasteiger partial charge is 0.204 e. The number of nitrogens with two attached hydrogens (primary N) is 1. The monoisotopic (exact) mass is 454 g/mol. The van der Waals surface area contributed by atoms with Crippen LogP contribution in [0.3, 0.4) is 0 Å². The third-order valence-electron chi connectivity index (χ3n) is 4.44. The van der Waals surface area contributed by atoms with Gasteiger partial charge in [0.25, 0.3) is 0 Å². The molecule has 1 saturated heterocycles. The van der Waals surface area contributed by atoms with Crippen molar-refractivity contribution in [3.8, 4) is 0 Å². The molecule has 0 bridgehead atoms. The second-order valence-electron chi connectivity index (χ2n) is 6.73. The molecule has 2 heterocycles. The number of halogens is 1. The van der Waals surface area contributed by atoms with Gasteiger partial charge in [-0.15, -0.1) is 0 Å². The summed E-state index contributed by atoms with van der Waals surface area (Å²) in [4.78, 5) is 28.5. The lowest BCUT2D eigenvalue weighted by Crippen LogP contribution is -2.22. The van der Waals surface area contributed by atoms with Gasteiger partial charge in [-0.3, -0.25) is 9.69 Å². The Morgan fingerprint density at radius 2 is 2.00 bits per heavy atom. The minimum Gasteiger partial charge on any atom is -0.377 e. The van der Waals surface area contributed by atoms with E-state index in [2.05, 4.69) is 69.3 Å². The lowest BCUT2D eigenvalue weighted by Gasteiger charge is -2.20. The van der Waals surface area contributed by atoms with E-state index in [1.807, 2.05) is 6.07 Å². The number of amides is 1. The van der Waals surface area contributed by atoms with Gasteiger partial charge in [-0.1, -0.05) is 36.2 Å². The van der Waals surface area contributed by atoms with Crippen molar-refractivity contribution in [3.05, 3.63) is 28.5 Å². The fourth-order valence-corrected chi connectivity index (χ4v) is 3.56. The molecule has 28 heavy (non-hydrogen) atoms. The third-order valence-corrected chi connectivity index (χ3v) is 4.93. The van der Waals surface area contributed by atoms with Crippen LogP contribution in [0.15, 0.2) is 22.7 Å². The summed E-state index contributed by atoms with van der Waals surface area (Å²) >= 11 is 3.50. The number of primary amides is 1. The van der Waals surface area contributed by atoms with E-state index in [0.717, 1.165) is 33.3 Å². The average Bonchev–Trinajstić information content (AvgIpc) is 3.19. The molecule has 1 aliphatic carbocycles. The molecule has 8 heteroatoms. The van der Waals surface area contributed by atoms with Gasteiger partial charge in [0.05, 0.1) is 17.1 Å². The van der Waals surface area contributed by atoms with E-state index in [1.54, 1.807) is 0 Å². The molecule has 1 amide bonds. The standard InChI is InChI=1S/C13H14BrN3.C3H6O2.C3H8.CH3NO/c1-17-11-4-7(11)5-12(17)13-15-9-3-2-8(14)6-10(9)16-13;1-5-3-2-4;1-3-2;2-1-3/h2-3,6-7,11-12H,4-5H2,1H3,(H,15,16);2H,3H2,1H3;3H2,1-2H3;1H,(H2,2,3). The summed E-state index contributed by atoms with van der Waals surface area (Å²) in [7, 11) is 3.71. The van der Waals surface area contributed by atoms with Gasteiger partial charge in [0.15, 0.2) is 0 Å². The van der Waals surface area contributed by atoms with E-state index in [0.29, 0.717) is 12.3 Å². The fraction of sp³-hybridized carbons (Fsp3) is 0.550. The number of likely N-dealkylation sites (tertiary alicyclic amines) is 1. The second kappa shape index (κ2) is 12.6. The quantitative estimate of drug-likeness (QED) is 0.691. The molecule has 0 radical (unpaired) electrons. The highest BCUT2D eigenvalue weighted by molar-refractivity contribution is 9.10. The topological polar surface area (TPSA) is 101 Å². The molecule has 3 unspecified atom stereocenters. The van der Waals surface area contributed by atoms with Gasteiger partial charge >= 0.3 is 0 Å². The van der Waals surface area contributed by atoms with Gasteiger partial charge < -0.3 is 20.2 Å². The Kier molecular flexibility index (Phi) is 11.0. The summed E-state index contributed by atoms with van der Waals surface area (Å²) in [6.07, 6.45) is 4.86. The Labute approximate surface area is 175 Å². The van der Waals surface area contributed by atoms with Crippen LogP contribution in [-0.4, -0.2) is 54.4 Å². The molecule has 0 spiro atoms. The number of rotatable bonds is 3. The molecule has 1 aromatic carbocycles. The van der Waals surface area contributed by atoms with Crippen molar-refractivity contribution in [1.82, 2.24) is 14.9 Å². The number of methoxy groups -OCH3 is 1. The Morgan fingerprint density at radius 1 is 1.36 bits per heavy atom. The molecule has 3 atom stereocenters. The fourth-order valence-electron chi connectivity index (χ4n) is 3.20. The van der Waals surface area contributed by atoms with Crippen molar-refractivity contribution < 1.29 is 14.3 Å². The van der Waals surface area contributed by atoms with Crippen molar-refractivity contribution in [2.75, 3.05) is 20.8 Å². The first-order valence-electron chi connectivity index (χ1n) is 9.42. The summed E-state index contributed by atoms with van der Waals surface area (Å²) in [5, 5.41) is 0. The van der Waals surface area contributed by atoms with E-state index in [-0.39, 0.29) is 13.0 Å². The van der Waals surface area contributed by atoms with Crippen molar-refractivity contribution in [2.45, 2.75) is 45.2 Å². The molecule has 3 N–H and O–H groups in total. The summed E-state index contributed by atoms with van der Waals surface area (Å²) in [5.41, 5.74) is 6.36. The molecule has 156 valence electrons. The van der Waals surface area contributed by atoms with Crippen LogP contribution in [0.2, 0.25) is 0 Å². The first-order valence-corrected chi connectivity index (χ1v) is 10.2. The summed E-state index contributed by atoms with van der Waals surface area (Å²) in [5.74, 6) is 2.05. The lowest BCUT2D eigenvalue weighted by molar-refractivity contribution is -0.111. The normalized spacial score (nSPS) is 21.8. The Bertz CT molecular complexity index is 737. The maximum atomic E-state index is 9.28. The van der Waals surface area contributed by atoms with Crippen LogP contribution >= 0.6 is 15.9 Å². The zero-order valence-corrected chi connectivity index (χ0v) is 18.6. The van der Waals surface area contributed by atoms with Crippen molar-refractivity contribution in [1.29, 1.82) is 0 Å². The van der Waals surface area contributed by atoms with Crippen molar-refractivity contribution in [3.63, 3.8) is 0 Å². The van der Waals surface area contributed by atoms with Crippen molar-refractivity contribution in [2.24, 2.45) is 11.7 Å². The highest BCUT2D eigenvalue weighted by Gasteiger charge is 2.51. The molecule has 2 fully saturated rings. The number of H-pyrrole nitrogens is 1. The minimum atomic E-state index is 0.208. The number of carbonyl (C=O) groups excluding carboxylic acids is 2. The number of carbonyl (C=O) groups is 2. The van der Waals surface area contributed by atoms with Gasteiger partial charge in [-0.2, -0.15) is 0 Å². The molecule has 1 aromatic heterocycles. The molecule has 7 nitrogen and oxygen atoms in total. The number of fused-ring (bicyclic) bond motifs is 2. The van der Waals surface area contributed by atoms with E-state index < -0.39 is 0 Å². The Hall–Kier alpha value is -1.77. The van der Waals surface area contributed by atoms with Crippen LogP contribution in [0.4, 0.5) is 0 Å². The number of ether oxygens (including phenoxy) is 1. The summed E-state index contributed by atoms with van der Waals surface area (Å²) in [6, 6.07) is 7.52. The molecule has 4 rings (SSSR count). The molecular formula is C20H31BrN4O3. The minimum absolute atomic E-state index is 0.208. The average molecular weight is 455 g/mol. The molecular weight excluding hydrogens is 424 g/mol. The largest absolute Gasteiger partial charge is 0.377 e. The van der Waals surface area contributed by atoms with E-state index in [1.165, 1.54) is 26.4 Å². The predicted molar refractivity (Wildman–Crippen MR) is 115 cm³/mol. The van der Waals surface area contributed by atoms with Crippen molar-refractivity contribution >= 4 is 39.7 Å². The van der Waals surface area contributed by atoms with Gasteiger partial charge in [0.1, 0.15) is 18.7 Å². The van der Waals surface area contributed by atoms with Crippen LogP contribution in [0.25, 0.3) is 11.0 Å². The van der Waals surface area contributed by atoms with Gasteiger partial charge in [-0.05, 0) is 44.0 Å². The number of imidazole rings is 1. The third kappa shape index (κ3) is 7.00. The molecule has 1 saturated carbocycles. The van der Waals surface area contributed by atoms with E-state index >= 15 is 0 Å². The van der Waals surface area contributed by atoms with Crippen LogP contribution in [0.5, 0.6) is 0 Å². The summed E-state index contributed by atoms with van der Waals surface area (Å²) < 4.78 is 5.42. The van der Waals surface area contributed by atoms with Crippen LogP contribution in [0.1, 0.15) is 45.0 Å². The van der Waals surface area contributed by atoms with E-state index in [9.17, 15) is 4.79 Å². The SMILES string of the molecule is CCC.CN1C(c2nc3ccc(Br)cc3[nH]2)CC2CC21.COCC=O.NC=O. The maximum absolute atomic E-state index is 9.28. The molecule has 1 aliphatic heterocycles. The van der Waals surface area contributed by atoms with Gasteiger partial charge in [-0.25, -0.2) is 4.98 Å². The second-order valence-corrected chi connectivity index (χ2v) is 7.64. The van der Waals surface area contributed by atoms with Gasteiger partial charge in [0, 0.05) is 17.6 Å². The first kappa shape index (κ1) is 24.3. The number of hydrogen-bond acceptors (Lipinski definition) is 5. The maximum Gasteiger partial charge on any atom is 0.204 e. The summed E-state index contributed by atoms with van der Waals surface area (Å²) in [6.45, 7) is 4.46. The highest BCUT2D eigenvalue weighted by atomic mass is 79.9. The van der Waals surface area contributed by atoms with E-state index in [4.69, 9.17) is 9.78 Å². The van der Waals surface area contributed by atoms with Crippen LogP contribution < -0.4 is 5.73 Å². The van der Waals surface area contributed by atoms with Gasteiger partial charge in [0.2, 0.25) is 6.41 Å². The zero-order chi connectivity index (χ0) is 21.1. The Morgan fingerprint density at radius 3 is 2.46 bits per heavy atom. The number of hydrogen-bond donors (Lipinski definition) is 2. The number of aromatic nitrogens is 2. The number of benzene rings is 1. The number of piperidine rings is 1. The number of nitrogens with one attached hydrogen (secondary N) is 1. The zero-order valence-electron chi connectivity index (χ0n) is 17.0. The molecule has 2 aromatic rings. The number of nitrogens with zero attached hydrogens (tertiary/aromatic N) is 2. The Balaban J connectivity index is 0.000000301. The van der Waals surface area contributed by atoms with Crippen LogP contribution in [-0.2, 0) is 14.3 Å². The lowest BCUT2D eigenvalue weighted by atomic mass is 10.1. The first-order chi connectivity index (χ1) is 13.5. The number of aldehydes is 1. The number of aromatic amines is 1. The predicted octanol–water partition coefficient (Wildman–Crippen LogP) is 3.44. The molecule has 2 aliphatic rings.